The number of nitrogens with one attached hydrogen (secondary N) is 1. The highest BCUT2D eigenvalue weighted by Crippen LogP contribution is 2.34. The third-order valence-corrected chi connectivity index (χ3v) is 6.27. The van der Waals surface area contributed by atoms with Gasteiger partial charge in [0.05, 0.1) is 12.1 Å². The van der Waals surface area contributed by atoms with Crippen LogP contribution in [0.5, 0.6) is 11.5 Å². The highest BCUT2D eigenvalue weighted by Gasteiger charge is 2.29. The zero-order valence-electron chi connectivity index (χ0n) is 16.1. The summed E-state index contributed by atoms with van der Waals surface area (Å²) in [6.45, 7) is 3.98. The Morgan fingerprint density at radius 2 is 1.96 bits per heavy atom. The number of hydrogen-bond donors (Lipinski definition) is 1. The summed E-state index contributed by atoms with van der Waals surface area (Å²) >= 11 is 1.90. The molecule has 6 heteroatoms. The summed E-state index contributed by atoms with van der Waals surface area (Å²) in [5.41, 5.74) is 2.24. The van der Waals surface area contributed by atoms with Crippen LogP contribution in [0.2, 0.25) is 0 Å². The van der Waals surface area contributed by atoms with E-state index in [4.69, 9.17) is 9.47 Å². The maximum atomic E-state index is 13.2. The first-order valence-electron chi connectivity index (χ1n) is 9.85. The van der Waals surface area contributed by atoms with E-state index in [2.05, 4.69) is 24.4 Å². The number of urea groups is 1. The first-order chi connectivity index (χ1) is 13.8. The van der Waals surface area contributed by atoms with Crippen molar-refractivity contribution in [2.75, 3.05) is 31.3 Å². The number of hydrogen-bond acceptors (Lipinski definition) is 4. The molecule has 28 heavy (non-hydrogen) atoms. The summed E-state index contributed by atoms with van der Waals surface area (Å²) in [7, 11) is 0. The summed E-state index contributed by atoms with van der Waals surface area (Å²) in [6.07, 6.45) is 0.810. The van der Waals surface area contributed by atoms with Gasteiger partial charge in [0.15, 0.2) is 11.5 Å². The Kier molecular flexibility index (Phi) is 5.95. The Labute approximate surface area is 170 Å². The fourth-order valence-corrected chi connectivity index (χ4v) is 4.82. The van der Waals surface area contributed by atoms with Crippen LogP contribution in [0.15, 0.2) is 48.5 Å². The first kappa shape index (κ1) is 19.0. The molecule has 148 valence electrons. The summed E-state index contributed by atoms with van der Waals surface area (Å²) < 4.78 is 11.3. The van der Waals surface area contributed by atoms with Gasteiger partial charge in [0.2, 0.25) is 0 Å². The van der Waals surface area contributed by atoms with E-state index in [1.54, 1.807) is 0 Å². The van der Waals surface area contributed by atoms with Crippen molar-refractivity contribution in [1.29, 1.82) is 0 Å². The highest BCUT2D eigenvalue weighted by molar-refractivity contribution is 7.99. The second-order valence-electron chi connectivity index (χ2n) is 7.01. The molecule has 2 aromatic carbocycles. The van der Waals surface area contributed by atoms with E-state index in [1.165, 1.54) is 5.56 Å². The minimum absolute atomic E-state index is 0.00380. The zero-order valence-corrected chi connectivity index (χ0v) is 16.9. The minimum atomic E-state index is -0.0608. The van der Waals surface area contributed by atoms with Crippen LogP contribution in [-0.2, 0) is 0 Å². The lowest BCUT2D eigenvalue weighted by molar-refractivity contribution is 0.170. The number of rotatable bonds is 4. The molecule has 1 N–H and O–H groups in total. The molecule has 0 radical (unpaired) electrons. The smallest absolute Gasteiger partial charge is 0.318 e. The Hall–Kier alpha value is -2.34. The standard InChI is InChI=1S/C22H26N2O3S/c1-2-18(17-8-9-20-21(14-17)27-12-11-26-20)23-22(25)24-10-13-28-15-19(24)16-6-4-3-5-7-16/h3-9,14,18-19H,2,10-13,15H2,1H3,(H,23,25). The first-order valence-corrected chi connectivity index (χ1v) is 11.0. The van der Waals surface area contributed by atoms with E-state index in [9.17, 15) is 4.79 Å². The molecule has 0 aromatic heterocycles. The normalized spacial score (nSPS) is 19.8. The number of ether oxygens (including phenoxy) is 2. The Bertz CT molecular complexity index is 815. The van der Waals surface area contributed by atoms with Crippen LogP contribution in [0.1, 0.15) is 36.6 Å². The molecule has 0 saturated carbocycles. The van der Waals surface area contributed by atoms with Gasteiger partial charge >= 0.3 is 6.03 Å². The lowest BCUT2D eigenvalue weighted by atomic mass is 10.0. The Balaban J connectivity index is 1.50. The molecular weight excluding hydrogens is 372 g/mol. The van der Waals surface area contributed by atoms with Crippen molar-refractivity contribution in [3.05, 3.63) is 59.7 Å². The van der Waals surface area contributed by atoms with Crippen LogP contribution in [0.4, 0.5) is 4.79 Å². The van der Waals surface area contributed by atoms with Crippen molar-refractivity contribution < 1.29 is 14.3 Å². The van der Waals surface area contributed by atoms with Gasteiger partial charge in [0.25, 0.3) is 0 Å². The van der Waals surface area contributed by atoms with Gasteiger partial charge in [0, 0.05) is 18.1 Å². The molecule has 0 spiro atoms. The molecule has 0 bridgehead atoms. The van der Waals surface area contributed by atoms with Gasteiger partial charge in [-0.3, -0.25) is 0 Å². The van der Waals surface area contributed by atoms with E-state index in [-0.39, 0.29) is 18.1 Å². The fourth-order valence-electron chi connectivity index (χ4n) is 3.73. The number of carbonyl (C=O) groups is 1. The van der Waals surface area contributed by atoms with Crippen LogP contribution in [0.25, 0.3) is 0 Å². The maximum absolute atomic E-state index is 13.2. The minimum Gasteiger partial charge on any atom is -0.486 e. The fraction of sp³-hybridized carbons (Fsp3) is 0.409. The van der Waals surface area contributed by atoms with Crippen LogP contribution < -0.4 is 14.8 Å². The molecule has 4 rings (SSSR count). The predicted octanol–water partition coefficient (Wildman–Crippen LogP) is 4.41. The molecule has 0 aliphatic carbocycles. The van der Waals surface area contributed by atoms with E-state index >= 15 is 0 Å². The van der Waals surface area contributed by atoms with Gasteiger partial charge in [-0.05, 0) is 29.7 Å². The van der Waals surface area contributed by atoms with Gasteiger partial charge in [-0.15, -0.1) is 0 Å². The van der Waals surface area contributed by atoms with Crippen LogP contribution >= 0.6 is 11.8 Å². The number of nitrogens with zero attached hydrogens (tertiary/aromatic N) is 1. The average Bonchev–Trinajstić information content (AvgIpc) is 2.77. The van der Waals surface area contributed by atoms with E-state index < -0.39 is 0 Å². The van der Waals surface area contributed by atoms with E-state index in [1.807, 2.05) is 53.1 Å². The van der Waals surface area contributed by atoms with Crippen molar-refractivity contribution in [3.63, 3.8) is 0 Å². The number of amides is 2. The lowest BCUT2D eigenvalue weighted by Crippen LogP contribution is -2.47. The zero-order chi connectivity index (χ0) is 19.3. The molecule has 2 aliphatic rings. The summed E-state index contributed by atoms with van der Waals surface area (Å²) in [6, 6.07) is 16.3. The van der Waals surface area contributed by atoms with Gasteiger partial charge in [-0.1, -0.05) is 43.3 Å². The second-order valence-corrected chi connectivity index (χ2v) is 8.16. The van der Waals surface area contributed by atoms with Gasteiger partial charge in [-0.25, -0.2) is 4.79 Å². The summed E-state index contributed by atoms with van der Waals surface area (Å²) in [4.78, 5) is 15.1. The Morgan fingerprint density at radius 1 is 1.18 bits per heavy atom. The van der Waals surface area contributed by atoms with Crippen LogP contribution in [0, 0.1) is 0 Å². The van der Waals surface area contributed by atoms with Crippen molar-refractivity contribution in [3.8, 4) is 11.5 Å². The van der Waals surface area contributed by atoms with Crippen molar-refractivity contribution >= 4 is 17.8 Å². The van der Waals surface area contributed by atoms with Crippen molar-refractivity contribution in [2.24, 2.45) is 0 Å². The SMILES string of the molecule is CCC(NC(=O)N1CCSCC1c1ccccc1)c1ccc2c(c1)OCCO2. The van der Waals surface area contributed by atoms with Crippen molar-refractivity contribution in [2.45, 2.75) is 25.4 Å². The summed E-state index contributed by atoms with van der Waals surface area (Å²) in [5, 5.41) is 3.24. The molecule has 1 fully saturated rings. The molecule has 2 aromatic rings. The topological polar surface area (TPSA) is 50.8 Å². The molecule has 2 heterocycles. The number of fused-ring (bicyclic) bond motifs is 1. The van der Waals surface area contributed by atoms with Gasteiger partial charge < -0.3 is 19.7 Å². The summed E-state index contributed by atoms with van der Waals surface area (Å²) in [5.74, 6) is 3.43. The molecule has 2 unspecified atom stereocenters. The molecular formula is C22H26N2O3S. The predicted molar refractivity (Wildman–Crippen MR) is 112 cm³/mol. The molecule has 1 saturated heterocycles. The number of thioether (sulfide) groups is 1. The molecule has 2 aliphatic heterocycles. The van der Waals surface area contributed by atoms with Crippen LogP contribution in [0.3, 0.4) is 0 Å². The molecule has 5 nitrogen and oxygen atoms in total. The monoisotopic (exact) mass is 398 g/mol. The van der Waals surface area contributed by atoms with Gasteiger partial charge in [-0.2, -0.15) is 11.8 Å². The van der Waals surface area contributed by atoms with Crippen molar-refractivity contribution in [1.82, 2.24) is 10.2 Å². The number of carbonyl (C=O) groups excluding carboxylic acids is 1. The quantitative estimate of drug-likeness (QED) is 0.829. The van der Waals surface area contributed by atoms with Gasteiger partial charge in [0.1, 0.15) is 13.2 Å². The molecule has 2 amide bonds. The molecule has 2 atom stereocenters. The highest BCUT2D eigenvalue weighted by atomic mass is 32.2. The largest absolute Gasteiger partial charge is 0.486 e. The maximum Gasteiger partial charge on any atom is 0.318 e. The third-order valence-electron chi connectivity index (χ3n) is 5.25. The second kappa shape index (κ2) is 8.78. The van der Waals surface area contributed by atoms with Crippen LogP contribution in [-0.4, -0.2) is 42.2 Å². The average molecular weight is 399 g/mol. The third kappa shape index (κ3) is 4.07. The lowest BCUT2D eigenvalue weighted by Gasteiger charge is -2.36. The number of benzene rings is 2. The van der Waals surface area contributed by atoms with E-state index in [0.29, 0.717) is 13.2 Å². The Morgan fingerprint density at radius 3 is 2.75 bits per heavy atom. The van der Waals surface area contributed by atoms with E-state index in [0.717, 1.165) is 41.5 Å².